The van der Waals surface area contributed by atoms with E-state index in [1.807, 2.05) is 31.2 Å². The Balaban J connectivity index is 2.38. The van der Waals surface area contributed by atoms with Crippen LogP contribution in [0.1, 0.15) is 29.7 Å². The van der Waals surface area contributed by atoms with Gasteiger partial charge in [0.1, 0.15) is 5.82 Å². The Morgan fingerprint density at radius 2 is 1.74 bits per heavy atom. The Bertz CT molecular complexity index is 576. The van der Waals surface area contributed by atoms with E-state index in [0.29, 0.717) is 11.1 Å². The van der Waals surface area contributed by atoms with Gasteiger partial charge in [0.2, 0.25) is 0 Å². The summed E-state index contributed by atoms with van der Waals surface area (Å²) in [5.74, 6) is -0.274. The van der Waals surface area contributed by atoms with Gasteiger partial charge in [-0.3, -0.25) is 0 Å². The van der Waals surface area contributed by atoms with Gasteiger partial charge in [-0.05, 0) is 56.2 Å². The maximum atomic E-state index is 13.6. The number of hydrogen-bond donors (Lipinski definition) is 1. The number of benzene rings is 2. The van der Waals surface area contributed by atoms with Crippen LogP contribution in [0.25, 0.3) is 0 Å². The molecule has 0 bridgehead atoms. The van der Waals surface area contributed by atoms with E-state index < -0.39 is 6.10 Å². The number of aryl methyl sites for hydroxylation is 2. The standard InChI is InChI=1S/C16H17FOS/c1-10-4-6-13(7-5-10)19-16-8-11(2)15(17)9-14(16)12(3)18/h4-9,12,18H,1-3H3. The van der Waals surface area contributed by atoms with Crippen molar-refractivity contribution < 1.29 is 9.50 Å². The largest absolute Gasteiger partial charge is 0.389 e. The molecular formula is C16H17FOS. The Kier molecular flexibility index (Phi) is 4.27. The van der Waals surface area contributed by atoms with Gasteiger partial charge in [0.05, 0.1) is 6.10 Å². The van der Waals surface area contributed by atoms with Crippen molar-refractivity contribution in [3.05, 3.63) is 58.9 Å². The molecule has 1 unspecified atom stereocenters. The molecule has 1 atom stereocenters. The molecule has 0 amide bonds. The van der Waals surface area contributed by atoms with Crippen LogP contribution in [0.3, 0.4) is 0 Å². The fourth-order valence-electron chi connectivity index (χ4n) is 1.82. The molecule has 2 aromatic carbocycles. The van der Waals surface area contributed by atoms with Crippen molar-refractivity contribution in [2.75, 3.05) is 0 Å². The Labute approximate surface area is 117 Å². The van der Waals surface area contributed by atoms with E-state index in [1.165, 1.54) is 11.6 Å². The van der Waals surface area contributed by atoms with Crippen molar-refractivity contribution in [3.8, 4) is 0 Å². The highest BCUT2D eigenvalue weighted by molar-refractivity contribution is 7.99. The minimum Gasteiger partial charge on any atom is -0.389 e. The monoisotopic (exact) mass is 276 g/mol. The van der Waals surface area contributed by atoms with E-state index in [1.54, 1.807) is 31.7 Å². The normalized spacial score (nSPS) is 12.5. The quantitative estimate of drug-likeness (QED) is 0.880. The zero-order chi connectivity index (χ0) is 14.0. The summed E-state index contributed by atoms with van der Waals surface area (Å²) in [5, 5.41) is 9.76. The summed E-state index contributed by atoms with van der Waals surface area (Å²) < 4.78 is 13.6. The zero-order valence-electron chi connectivity index (χ0n) is 11.3. The van der Waals surface area contributed by atoms with Gasteiger partial charge in [0, 0.05) is 9.79 Å². The molecule has 0 radical (unpaired) electrons. The summed E-state index contributed by atoms with van der Waals surface area (Å²) >= 11 is 1.55. The third kappa shape index (κ3) is 3.37. The molecule has 2 rings (SSSR count). The molecule has 2 aromatic rings. The first-order valence-electron chi connectivity index (χ1n) is 6.20. The summed E-state index contributed by atoms with van der Waals surface area (Å²) in [7, 11) is 0. The van der Waals surface area contributed by atoms with Gasteiger partial charge >= 0.3 is 0 Å². The lowest BCUT2D eigenvalue weighted by Gasteiger charge is -2.13. The molecular weight excluding hydrogens is 259 g/mol. The maximum absolute atomic E-state index is 13.6. The van der Waals surface area contributed by atoms with E-state index in [9.17, 15) is 9.50 Å². The van der Waals surface area contributed by atoms with Crippen LogP contribution >= 0.6 is 11.8 Å². The predicted molar refractivity (Wildman–Crippen MR) is 77.1 cm³/mol. The molecule has 1 N–H and O–H groups in total. The highest BCUT2D eigenvalue weighted by Gasteiger charge is 2.12. The van der Waals surface area contributed by atoms with Crippen molar-refractivity contribution in [3.63, 3.8) is 0 Å². The smallest absolute Gasteiger partial charge is 0.126 e. The van der Waals surface area contributed by atoms with Crippen molar-refractivity contribution >= 4 is 11.8 Å². The van der Waals surface area contributed by atoms with Gasteiger partial charge in [-0.25, -0.2) is 4.39 Å². The van der Waals surface area contributed by atoms with Gasteiger partial charge in [-0.1, -0.05) is 29.5 Å². The Morgan fingerprint density at radius 3 is 2.32 bits per heavy atom. The summed E-state index contributed by atoms with van der Waals surface area (Å²) in [6, 6.07) is 11.4. The number of hydrogen-bond acceptors (Lipinski definition) is 2. The number of aliphatic hydroxyl groups is 1. The molecule has 100 valence electrons. The van der Waals surface area contributed by atoms with Crippen molar-refractivity contribution in [2.24, 2.45) is 0 Å². The molecule has 1 nitrogen and oxygen atoms in total. The fourth-order valence-corrected chi connectivity index (χ4v) is 2.93. The van der Waals surface area contributed by atoms with Gasteiger partial charge in [-0.15, -0.1) is 0 Å². The second-order valence-electron chi connectivity index (χ2n) is 4.73. The van der Waals surface area contributed by atoms with Crippen LogP contribution in [0.15, 0.2) is 46.2 Å². The van der Waals surface area contributed by atoms with E-state index >= 15 is 0 Å². The minimum absolute atomic E-state index is 0.274. The van der Waals surface area contributed by atoms with Gasteiger partial charge in [0.25, 0.3) is 0 Å². The van der Waals surface area contributed by atoms with Crippen LogP contribution in [-0.4, -0.2) is 5.11 Å². The molecule has 3 heteroatoms. The Hall–Kier alpha value is -1.32. The first-order chi connectivity index (χ1) is 8.97. The van der Waals surface area contributed by atoms with E-state index in [-0.39, 0.29) is 5.82 Å². The highest BCUT2D eigenvalue weighted by Crippen LogP contribution is 2.35. The van der Waals surface area contributed by atoms with Crippen LogP contribution in [0.5, 0.6) is 0 Å². The number of halogens is 1. The van der Waals surface area contributed by atoms with Crippen LogP contribution in [-0.2, 0) is 0 Å². The molecule has 0 heterocycles. The summed E-state index contributed by atoms with van der Waals surface area (Å²) in [4.78, 5) is 1.98. The third-order valence-electron chi connectivity index (χ3n) is 2.99. The van der Waals surface area contributed by atoms with E-state index in [2.05, 4.69) is 0 Å². The Morgan fingerprint density at radius 1 is 1.11 bits per heavy atom. The summed E-state index contributed by atoms with van der Waals surface area (Å²) in [6.45, 7) is 5.43. The van der Waals surface area contributed by atoms with Crippen LogP contribution in [0, 0.1) is 19.7 Å². The highest BCUT2D eigenvalue weighted by atomic mass is 32.2. The second-order valence-corrected chi connectivity index (χ2v) is 5.85. The van der Waals surface area contributed by atoms with Gasteiger partial charge in [-0.2, -0.15) is 0 Å². The molecule has 0 aromatic heterocycles. The average molecular weight is 276 g/mol. The van der Waals surface area contributed by atoms with E-state index in [0.717, 1.165) is 9.79 Å². The topological polar surface area (TPSA) is 20.2 Å². The molecule has 0 aliphatic heterocycles. The van der Waals surface area contributed by atoms with Gasteiger partial charge in [0.15, 0.2) is 0 Å². The lowest BCUT2D eigenvalue weighted by molar-refractivity contribution is 0.196. The third-order valence-corrected chi connectivity index (χ3v) is 4.07. The van der Waals surface area contributed by atoms with Crippen molar-refractivity contribution in [1.29, 1.82) is 0 Å². The molecule has 0 aliphatic rings. The number of aliphatic hydroxyl groups excluding tert-OH is 1. The van der Waals surface area contributed by atoms with Crippen molar-refractivity contribution in [2.45, 2.75) is 36.7 Å². The molecule has 0 spiro atoms. The summed E-state index contributed by atoms with van der Waals surface area (Å²) in [5.41, 5.74) is 2.43. The van der Waals surface area contributed by atoms with Crippen LogP contribution < -0.4 is 0 Å². The van der Waals surface area contributed by atoms with Crippen LogP contribution in [0.4, 0.5) is 4.39 Å². The number of rotatable bonds is 3. The summed E-state index contributed by atoms with van der Waals surface area (Å²) in [6.07, 6.45) is -0.678. The molecule has 19 heavy (non-hydrogen) atoms. The minimum atomic E-state index is -0.678. The average Bonchev–Trinajstić information content (AvgIpc) is 2.36. The molecule has 0 fully saturated rings. The first-order valence-corrected chi connectivity index (χ1v) is 7.01. The van der Waals surface area contributed by atoms with Crippen molar-refractivity contribution in [1.82, 2.24) is 0 Å². The zero-order valence-corrected chi connectivity index (χ0v) is 12.1. The lowest BCUT2D eigenvalue weighted by atomic mass is 10.1. The predicted octanol–water partition coefficient (Wildman–Crippen LogP) is 4.65. The first kappa shape index (κ1) is 14.1. The molecule has 0 saturated heterocycles. The molecule has 0 saturated carbocycles. The SMILES string of the molecule is Cc1ccc(Sc2cc(C)c(F)cc2C(C)O)cc1. The maximum Gasteiger partial charge on any atom is 0.126 e. The fraction of sp³-hybridized carbons (Fsp3) is 0.250. The lowest BCUT2D eigenvalue weighted by Crippen LogP contribution is -1.97. The van der Waals surface area contributed by atoms with Crippen LogP contribution in [0.2, 0.25) is 0 Å². The molecule has 0 aliphatic carbocycles. The second kappa shape index (κ2) is 5.76. The van der Waals surface area contributed by atoms with Gasteiger partial charge < -0.3 is 5.11 Å². The van der Waals surface area contributed by atoms with E-state index in [4.69, 9.17) is 0 Å².